The predicted octanol–water partition coefficient (Wildman–Crippen LogP) is 1.10. The molecule has 1 aliphatic heterocycles. The van der Waals surface area contributed by atoms with Crippen LogP contribution in [0, 0.1) is 6.92 Å². The van der Waals surface area contributed by atoms with Crippen molar-refractivity contribution in [2.75, 3.05) is 26.2 Å². The fraction of sp³-hybridized carbons (Fsp3) is 0.750. The monoisotopic (exact) mass is 270 g/mol. The number of aryl methyl sites for hydroxylation is 1. The average molecular weight is 271 g/mol. The quantitative estimate of drug-likeness (QED) is 0.874. The summed E-state index contributed by atoms with van der Waals surface area (Å²) in [6.45, 7) is 7.40. The zero-order chi connectivity index (χ0) is 9.10. The predicted molar refractivity (Wildman–Crippen MR) is 67.3 cm³/mol. The van der Waals surface area contributed by atoms with Crippen molar-refractivity contribution in [2.45, 2.75) is 13.5 Å². The molecule has 2 heterocycles. The third kappa shape index (κ3) is 4.61. The van der Waals surface area contributed by atoms with Gasteiger partial charge in [-0.05, 0) is 6.92 Å². The molecule has 1 N–H and O–H groups in total. The van der Waals surface area contributed by atoms with E-state index in [4.69, 9.17) is 0 Å². The summed E-state index contributed by atoms with van der Waals surface area (Å²) in [6, 6.07) is 0. The van der Waals surface area contributed by atoms with Crippen LogP contribution in [0.4, 0.5) is 0 Å². The number of nitrogens with one attached hydrogen (secondary N) is 1. The maximum Gasteiger partial charge on any atom is 0.131 e. The third-order valence-corrected chi connectivity index (χ3v) is 2.96. The zero-order valence-electron chi connectivity index (χ0n) is 8.60. The lowest BCUT2D eigenvalue weighted by atomic mass is 10.4. The first kappa shape index (κ1) is 15.1. The van der Waals surface area contributed by atoms with Gasteiger partial charge < -0.3 is 5.32 Å². The van der Waals surface area contributed by atoms with Gasteiger partial charge in [0.25, 0.3) is 0 Å². The molecule has 1 aromatic heterocycles. The molecule has 1 aliphatic rings. The molecule has 0 amide bonds. The number of nitrogens with zero attached hydrogens (tertiary/aromatic N) is 3. The molecule has 1 aromatic rings. The van der Waals surface area contributed by atoms with Crippen LogP contribution in [-0.4, -0.2) is 41.3 Å². The van der Waals surface area contributed by atoms with Crippen LogP contribution in [0.2, 0.25) is 0 Å². The van der Waals surface area contributed by atoms with E-state index in [9.17, 15) is 0 Å². The van der Waals surface area contributed by atoms with Crippen molar-refractivity contribution in [1.29, 1.82) is 0 Å². The Kier molecular flexibility index (Phi) is 7.38. The molecule has 0 atom stereocenters. The molecular weight excluding hydrogens is 255 g/mol. The number of piperazine rings is 1. The van der Waals surface area contributed by atoms with E-state index in [2.05, 4.69) is 20.4 Å². The van der Waals surface area contributed by atoms with Crippen molar-refractivity contribution in [3.8, 4) is 0 Å². The van der Waals surface area contributed by atoms with E-state index in [0.29, 0.717) is 0 Å². The molecule has 1 saturated heterocycles. The van der Waals surface area contributed by atoms with Crippen molar-refractivity contribution in [2.24, 2.45) is 0 Å². The van der Waals surface area contributed by atoms with E-state index in [1.807, 2.05) is 6.92 Å². The van der Waals surface area contributed by atoms with E-state index in [1.54, 1.807) is 11.3 Å². The number of hydrogen-bond donors (Lipinski definition) is 1. The lowest BCUT2D eigenvalue weighted by molar-refractivity contribution is 0.232. The van der Waals surface area contributed by atoms with Crippen LogP contribution in [0.3, 0.4) is 0 Å². The van der Waals surface area contributed by atoms with E-state index < -0.39 is 0 Å². The first-order chi connectivity index (χ1) is 6.34. The highest BCUT2D eigenvalue weighted by Gasteiger charge is 2.11. The summed E-state index contributed by atoms with van der Waals surface area (Å²) in [5.74, 6) is 0. The summed E-state index contributed by atoms with van der Waals surface area (Å²) in [6.07, 6.45) is 0. The summed E-state index contributed by atoms with van der Waals surface area (Å²) in [4.78, 5) is 2.41. The molecule has 0 unspecified atom stereocenters. The second kappa shape index (κ2) is 7.35. The summed E-state index contributed by atoms with van der Waals surface area (Å²) < 4.78 is 0. The van der Waals surface area contributed by atoms with E-state index in [-0.39, 0.29) is 24.8 Å². The van der Waals surface area contributed by atoms with Crippen molar-refractivity contribution < 1.29 is 0 Å². The fourth-order valence-corrected chi connectivity index (χ4v) is 2.21. The summed E-state index contributed by atoms with van der Waals surface area (Å²) >= 11 is 1.70. The zero-order valence-corrected chi connectivity index (χ0v) is 11.1. The van der Waals surface area contributed by atoms with Gasteiger partial charge in [-0.1, -0.05) is 0 Å². The van der Waals surface area contributed by atoms with E-state index >= 15 is 0 Å². The average Bonchev–Trinajstić information content (AvgIpc) is 2.53. The highest BCUT2D eigenvalue weighted by Crippen LogP contribution is 2.10. The smallest absolute Gasteiger partial charge is 0.131 e. The molecule has 1 fully saturated rings. The van der Waals surface area contributed by atoms with E-state index in [0.717, 1.165) is 42.7 Å². The molecule has 0 bridgehead atoms. The highest BCUT2D eigenvalue weighted by atomic mass is 35.5. The number of rotatable bonds is 2. The molecule has 88 valence electrons. The number of halogens is 2. The molecule has 0 saturated carbocycles. The molecule has 2 rings (SSSR count). The lowest BCUT2D eigenvalue weighted by Gasteiger charge is -2.25. The van der Waals surface area contributed by atoms with E-state index in [1.165, 1.54) is 0 Å². The Morgan fingerprint density at radius 3 is 2.47 bits per heavy atom. The third-order valence-electron chi connectivity index (χ3n) is 2.14. The molecule has 15 heavy (non-hydrogen) atoms. The normalized spacial score (nSPS) is 16.6. The molecule has 4 nitrogen and oxygen atoms in total. The minimum absolute atomic E-state index is 0. The van der Waals surface area contributed by atoms with Gasteiger partial charge in [-0.15, -0.1) is 46.3 Å². The van der Waals surface area contributed by atoms with Gasteiger partial charge in [0.05, 0.1) is 6.54 Å². The van der Waals surface area contributed by atoms with Crippen LogP contribution in [0.15, 0.2) is 0 Å². The lowest BCUT2D eigenvalue weighted by Crippen LogP contribution is -2.42. The minimum Gasteiger partial charge on any atom is -0.314 e. The van der Waals surface area contributed by atoms with Crippen molar-refractivity contribution in [3.05, 3.63) is 10.0 Å². The molecule has 0 aromatic carbocycles. The SMILES string of the molecule is Cc1nnc(CN2CCNCC2)s1.Cl.Cl. The van der Waals surface area contributed by atoms with Gasteiger partial charge in [0.1, 0.15) is 10.0 Å². The fourth-order valence-electron chi connectivity index (χ4n) is 1.46. The first-order valence-corrected chi connectivity index (χ1v) is 5.38. The maximum absolute atomic E-state index is 4.12. The molecule has 7 heteroatoms. The van der Waals surface area contributed by atoms with Crippen LogP contribution >= 0.6 is 36.2 Å². The summed E-state index contributed by atoms with van der Waals surface area (Å²) in [5.41, 5.74) is 0. The topological polar surface area (TPSA) is 41.1 Å². The molecule has 0 aliphatic carbocycles. The highest BCUT2D eigenvalue weighted by molar-refractivity contribution is 7.11. The Labute approximate surface area is 106 Å². The van der Waals surface area contributed by atoms with Gasteiger partial charge in [0.15, 0.2) is 0 Å². The number of aromatic nitrogens is 2. The second-order valence-corrected chi connectivity index (χ2v) is 4.51. The summed E-state index contributed by atoms with van der Waals surface area (Å²) in [7, 11) is 0. The maximum atomic E-state index is 4.12. The van der Waals surface area contributed by atoms with Crippen LogP contribution < -0.4 is 5.32 Å². The van der Waals surface area contributed by atoms with Gasteiger partial charge in [0.2, 0.25) is 0 Å². The largest absolute Gasteiger partial charge is 0.314 e. The molecule has 0 radical (unpaired) electrons. The van der Waals surface area contributed by atoms with Gasteiger partial charge in [-0.3, -0.25) is 4.90 Å². The Bertz CT molecular complexity index is 275. The second-order valence-electron chi connectivity index (χ2n) is 3.24. The Hall–Kier alpha value is 0.0600. The molecular formula is C8H16Cl2N4S. The summed E-state index contributed by atoms with van der Waals surface area (Å²) in [5, 5.41) is 13.7. The van der Waals surface area contributed by atoms with Crippen molar-refractivity contribution in [3.63, 3.8) is 0 Å². The Morgan fingerprint density at radius 2 is 1.93 bits per heavy atom. The van der Waals surface area contributed by atoms with Crippen LogP contribution in [0.5, 0.6) is 0 Å². The Morgan fingerprint density at radius 1 is 1.27 bits per heavy atom. The van der Waals surface area contributed by atoms with Gasteiger partial charge in [-0.25, -0.2) is 0 Å². The van der Waals surface area contributed by atoms with Crippen molar-refractivity contribution >= 4 is 36.2 Å². The van der Waals surface area contributed by atoms with Crippen LogP contribution in [0.25, 0.3) is 0 Å². The first-order valence-electron chi connectivity index (χ1n) is 4.56. The van der Waals surface area contributed by atoms with Gasteiger partial charge >= 0.3 is 0 Å². The standard InChI is InChI=1S/C8H14N4S.2ClH/c1-7-10-11-8(13-7)6-12-4-2-9-3-5-12;;/h9H,2-6H2,1H3;2*1H. The van der Waals surface area contributed by atoms with Gasteiger partial charge in [-0.2, -0.15) is 0 Å². The molecule has 0 spiro atoms. The van der Waals surface area contributed by atoms with Gasteiger partial charge in [0, 0.05) is 26.2 Å². The number of hydrogen-bond acceptors (Lipinski definition) is 5. The Balaban J connectivity index is 0.000000980. The van der Waals surface area contributed by atoms with Crippen molar-refractivity contribution in [1.82, 2.24) is 20.4 Å². The minimum atomic E-state index is 0. The van der Waals surface area contributed by atoms with Crippen LogP contribution in [0.1, 0.15) is 10.0 Å². The van der Waals surface area contributed by atoms with Crippen LogP contribution in [-0.2, 0) is 6.54 Å².